The lowest BCUT2D eigenvalue weighted by Crippen LogP contribution is -2.20. The standard InChI is InChI=1S/C61H43NS/c1-61(2)55-25-13-11-22-51(55)54-24-15-26-56(60(54)61)62(48-37-45(40-16-5-3-6-17-40)36-46(38-48)41-18-7-4-8-19-41)47-32-28-43(29-33-47)50-34-30-42-20-9-10-21-49(42)59(50)44-31-35-53-52-23-12-14-27-57(52)63-58(53)39-44/h3-39H,1-2H3/i1D3,2D3,3D,4D,5D,6D,7D,8D,9D,10D,11D,12D,13D,15D,16D,17D,18D,19D,21D,23D,24D,27D,28D,29D,32D,33D,34D,37D,38D,39D. The first kappa shape index (κ1) is 16.3. The molecule has 0 fully saturated rings. The van der Waals surface area contributed by atoms with E-state index < -0.39 is 243 Å². The fourth-order valence-electron chi connectivity index (χ4n) is 7.88. The topological polar surface area (TPSA) is 3.24 Å². The lowest BCUT2D eigenvalue weighted by Gasteiger charge is -2.33. The van der Waals surface area contributed by atoms with E-state index in [2.05, 4.69) is 0 Å². The Labute approximate surface area is 420 Å². The summed E-state index contributed by atoms with van der Waals surface area (Å²) >= 11 is 0.879. The number of hydrogen-bond donors (Lipinski definition) is 0. The van der Waals surface area contributed by atoms with Crippen LogP contribution in [0.1, 0.15) is 71.4 Å². The van der Waals surface area contributed by atoms with Gasteiger partial charge in [0.2, 0.25) is 0 Å². The molecule has 0 unspecified atom stereocenters. The molecule has 11 aromatic rings. The highest BCUT2D eigenvalue weighted by Crippen LogP contribution is 2.55. The first-order valence-electron chi connectivity index (χ1n) is 36.0. The second-order valence-corrected chi connectivity index (χ2v) is 15.2. The zero-order valence-electron chi connectivity index (χ0n) is 66.1. The molecular formula is C61H43NS. The van der Waals surface area contributed by atoms with Crippen molar-refractivity contribution in [3.05, 3.63) is 235 Å². The molecule has 1 heterocycles. The number of thiophene rings is 1. The van der Waals surface area contributed by atoms with Crippen LogP contribution in [0.2, 0.25) is 0 Å². The fourth-order valence-corrected chi connectivity index (χ4v) is 8.91. The Bertz CT molecular complexity index is 5240. The normalized spacial score (nSPS) is 20.8. The van der Waals surface area contributed by atoms with Crippen molar-refractivity contribution in [3.8, 4) is 55.6 Å². The third-order valence-corrected chi connectivity index (χ3v) is 11.7. The zero-order valence-corrected chi connectivity index (χ0v) is 32.9. The van der Waals surface area contributed by atoms with Gasteiger partial charge in [-0.3, -0.25) is 0 Å². The van der Waals surface area contributed by atoms with Crippen molar-refractivity contribution in [2.24, 2.45) is 0 Å². The van der Waals surface area contributed by atoms with Crippen molar-refractivity contribution in [2.45, 2.75) is 19.1 Å². The van der Waals surface area contributed by atoms with E-state index in [9.17, 15) is 28.8 Å². The maximum absolute atomic E-state index is 10.3. The highest BCUT2D eigenvalue weighted by Gasteiger charge is 2.38. The minimum Gasteiger partial charge on any atom is -0.310 e. The van der Waals surface area contributed by atoms with Gasteiger partial charge >= 0.3 is 0 Å². The summed E-state index contributed by atoms with van der Waals surface area (Å²) in [6.07, 6.45) is 0. The molecule has 0 aliphatic heterocycles. The van der Waals surface area contributed by atoms with E-state index in [1.165, 1.54) is 12.1 Å². The van der Waals surface area contributed by atoms with Crippen molar-refractivity contribution in [2.75, 3.05) is 4.90 Å². The van der Waals surface area contributed by atoms with Crippen LogP contribution in [0.25, 0.3) is 86.6 Å². The third-order valence-electron chi connectivity index (χ3n) is 10.7. The lowest BCUT2D eigenvalue weighted by atomic mass is 9.81. The summed E-state index contributed by atoms with van der Waals surface area (Å²) in [7, 11) is 0. The third kappa shape index (κ3) is 6.21. The Balaban J connectivity index is 1.32. The number of nitrogens with zero attached hydrogens (tertiary/aromatic N) is 1. The first-order valence-corrected chi connectivity index (χ1v) is 19.8. The van der Waals surface area contributed by atoms with Crippen molar-refractivity contribution in [3.63, 3.8) is 0 Å². The molecule has 2 heteroatoms. The Hall–Kier alpha value is -7.52. The van der Waals surface area contributed by atoms with Crippen LogP contribution in [-0.2, 0) is 5.41 Å². The van der Waals surface area contributed by atoms with Gasteiger partial charge in [0.05, 0.1) is 44.1 Å². The summed E-state index contributed by atoms with van der Waals surface area (Å²) in [5.41, 5.74) is -15.7. The first-order chi connectivity index (χ1) is 45.1. The molecule has 298 valence electrons. The maximum atomic E-state index is 10.3. The van der Waals surface area contributed by atoms with Gasteiger partial charge in [-0.05, 0) is 126 Å². The number of anilines is 3. The largest absolute Gasteiger partial charge is 0.310 e. The van der Waals surface area contributed by atoms with Gasteiger partial charge < -0.3 is 4.90 Å². The summed E-state index contributed by atoms with van der Waals surface area (Å²) < 4.78 is 315. The Morgan fingerprint density at radius 2 is 1.19 bits per heavy atom. The smallest absolute Gasteiger partial charge is 0.0651 e. The number of hydrogen-bond acceptors (Lipinski definition) is 2. The van der Waals surface area contributed by atoms with Crippen molar-refractivity contribution < 1.29 is 46.6 Å². The molecule has 0 amide bonds. The fraction of sp³-hybridized carbons (Fsp3) is 0.0492. The Morgan fingerprint density at radius 3 is 1.97 bits per heavy atom. The summed E-state index contributed by atoms with van der Waals surface area (Å²) in [5.74, 6) is 0. The van der Waals surface area contributed by atoms with Crippen LogP contribution in [0, 0.1) is 0 Å². The molecule has 12 rings (SSSR count). The molecule has 1 aliphatic carbocycles. The molecule has 1 nitrogen and oxygen atoms in total. The summed E-state index contributed by atoms with van der Waals surface area (Å²) in [5, 5.41) is 0.0252. The minimum absolute atomic E-state index is 0.0646. The molecule has 1 aliphatic rings. The molecule has 10 aromatic carbocycles. The van der Waals surface area contributed by atoms with E-state index in [4.69, 9.17) is 17.8 Å². The van der Waals surface area contributed by atoms with E-state index in [0.717, 1.165) is 47.7 Å². The quantitative estimate of drug-likeness (QED) is 0.154. The van der Waals surface area contributed by atoms with Crippen LogP contribution in [0.5, 0.6) is 0 Å². The lowest BCUT2D eigenvalue weighted by molar-refractivity contribution is 0.661. The second-order valence-electron chi connectivity index (χ2n) is 14.2. The molecule has 0 spiro atoms. The van der Waals surface area contributed by atoms with Gasteiger partial charge in [0, 0.05) is 45.2 Å². The van der Waals surface area contributed by atoms with E-state index in [-0.39, 0.29) is 60.2 Å². The van der Waals surface area contributed by atoms with E-state index in [1.807, 2.05) is 0 Å². The van der Waals surface area contributed by atoms with Gasteiger partial charge in [0.25, 0.3) is 0 Å². The minimum atomic E-state index is -3.93. The van der Waals surface area contributed by atoms with Gasteiger partial charge in [0.15, 0.2) is 0 Å². The average Bonchev–Trinajstić information content (AvgIpc) is 1.47. The SMILES string of the molecule is [2H]c1cc2c(cc1[2H])C(C([2H])([2H])[2H])(C([2H])([2H])[2H])c1c(N(c3c([2H])c(-c4c([2H])c([2H])c([2H])c([2H])c4[2H])cc(-c4c([2H])c([2H])c([2H])c([2H])c4[2H])c3[2H])c3c([2H])c([2H])c(-c4c([2H])cc5cc([2H])c([2H])c([2H])c5c4-c4ccc5c(sc6c([2H])cc([2H])c([2H])c65)c4[2H])c([2H])c3[2H])cc([2H])c([2H])c1-2. The molecular weight excluding hydrogens is 779 g/mol. The van der Waals surface area contributed by atoms with E-state index in [0.29, 0.717) is 11.0 Å². The molecule has 0 saturated heterocycles. The van der Waals surface area contributed by atoms with Crippen LogP contribution in [0.4, 0.5) is 17.1 Å². The summed E-state index contributed by atoms with van der Waals surface area (Å²) in [6.45, 7) is -7.85. The van der Waals surface area contributed by atoms with Crippen molar-refractivity contribution in [1.29, 1.82) is 0 Å². The van der Waals surface area contributed by atoms with Crippen LogP contribution >= 0.6 is 11.3 Å². The van der Waals surface area contributed by atoms with Gasteiger partial charge in [-0.25, -0.2) is 0 Å². The van der Waals surface area contributed by atoms with E-state index in [1.54, 1.807) is 0 Å². The molecule has 0 bridgehead atoms. The van der Waals surface area contributed by atoms with Crippen LogP contribution in [0.15, 0.2) is 224 Å². The molecule has 0 atom stereocenters. The monoisotopic (exact) mass is 856 g/mol. The Morgan fingerprint density at radius 1 is 0.460 bits per heavy atom. The van der Waals surface area contributed by atoms with Crippen LogP contribution in [-0.4, -0.2) is 0 Å². The van der Waals surface area contributed by atoms with Crippen LogP contribution in [0.3, 0.4) is 0 Å². The predicted molar refractivity (Wildman–Crippen MR) is 271 cm³/mol. The molecule has 1 aromatic heterocycles. The molecule has 63 heavy (non-hydrogen) atoms. The molecule has 0 radical (unpaired) electrons. The maximum Gasteiger partial charge on any atom is 0.0651 e. The number of rotatable bonds is 7. The van der Waals surface area contributed by atoms with E-state index >= 15 is 0 Å². The molecule has 0 N–H and O–H groups in total. The highest BCUT2D eigenvalue weighted by molar-refractivity contribution is 7.25. The van der Waals surface area contributed by atoms with Crippen LogP contribution < -0.4 is 4.90 Å². The zero-order chi connectivity index (χ0) is 71.4. The van der Waals surface area contributed by atoms with Gasteiger partial charge in [0.1, 0.15) is 0 Å². The highest BCUT2D eigenvalue weighted by atomic mass is 32.1. The number of fused-ring (bicyclic) bond motifs is 7. The van der Waals surface area contributed by atoms with Crippen molar-refractivity contribution in [1.82, 2.24) is 0 Å². The molecule has 0 saturated carbocycles. The predicted octanol–water partition coefficient (Wildman–Crippen LogP) is 17.7. The Kier molecular flexibility index (Phi) is 3.84. The van der Waals surface area contributed by atoms with Gasteiger partial charge in [-0.15, -0.1) is 11.3 Å². The van der Waals surface area contributed by atoms with Crippen molar-refractivity contribution >= 4 is 59.3 Å². The summed E-state index contributed by atoms with van der Waals surface area (Å²) in [4.78, 5) is 0.415. The van der Waals surface area contributed by atoms with Gasteiger partial charge in [-0.2, -0.15) is 0 Å². The second kappa shape index (κ2) is 14.8. The number of benzene rings is 10. The summed E-state index contributed by atoms with van der Waals surface area (Å²) in [6, 6.07) is -15.8. The average molecular weight is 856 g/mol. The van der Waals surface area contributed by atoms with Gasteiger partial charge in [-0.1, -0.05) is 189 Å².